The molecule has 4 rings (SSSR count). The van der Waals surface area contributed by atoms with Crippen LogP contribution in [0.15, 0.2) is 35.1 Å². The number of aryl methyl sites for hydroxylation is 2. The number of nitrogens with zero attached hydrogens (tertiary/aromatic N) is 6. The topological polar surface area (TPSA) is 89.9 Å². The van der Waals surface area contributed by atoms with Gasteiger partial charge in [-0.3, -0.25) is 14.5 Å². The summed E-state index contributed by atoms with van der Waals surface area (Å²) in [4.78, 5) is 22.4. The van der Waals surface area contributed by atoms with Gasteiger partial charge in [-0.2, -0.15) is 10.1 Å². The molecule has 1 unspecified atom stereocenters. The summed E-state index contributed by atoms with van der Waals surface area (Å²) in [5.74, 6) is -0.137. The largest absolute Gasteiger partial charge is 0.335 e. The minimum absolute atomic E-state index is 0.115. The predicted octanol–water partition coefficient (Wildman–Crippen LogP) is 2.27. The summed E-state index contributed by atoms with van der Waals surface area (Å²) in [5, 5.41) is 8.06. The Labute approximate surface area is 155 Å². The number of alkyl halides is 1. The summed E-state index contributed by atoms with van der Waals surface area (Å²) in [6, 6.07) is 5.21. The van der Waals surface area contributed by atoms with Crippen LogP contribution in [0.4, 0.5) is 4.39 Å². The molecule has 0 bridgehead atoms. The average molecular weight is 370 g/mol. The summed E-state index contributed by atoms with van der Waals surface area (Å²) < 4.78 is 22.4. The molecule has 8 nitrogen and oxygen atoms in total. The lowest BCUT2D eigenvalue weighted by molar-refractivity contribution is 0.0149. The highest BCUT2D eigenvalue weighted by Crippen LogP contribution is 2.36. The van der Waals surface area contributed by atoms with Crippen LogP contribution in [0.25, 0.3) is 11.4 Å². The van der Waals surface area contributed by atoms with Crippen molar-refractivity contribution in [3.63, 3.8) is 0 Å². The van der Waals surface area contributed by atoms with Crippen molar-refractivity contribution in [1.29, 1.82) is 0 Å². The van der Waals surface area contributed by atoms with Gasteiger partial charge in [0.15, 0.2) is 5.69 Å². The molecule has 1 aliphatic heterocycles. The molecule has 1 aliphatic rings. The molecule has 1 atom stereocenters. The average Bonchev–Trinajstić information content (AvgIpc) is 3.30. The molecule has 0 radical (unpaired) electrons. The number of hydrogen-bond donors (Lipinski definition) is 0. The fourth-order valence-electron chi connectivity index (χ4n) is 3.20. The fourth-order valence-corrected chi connectivity index (χ4v) is 3.20. The Kier molecular flexibility index (Phi) is 4.21. The maximum atomic E-state index is 15.6. The van der Waals surface area contributed by atoms with Gasteiger partial charge in [-0.25, -0.2) is 4.39 Å². The molecule has 1 saturated heterocycles. The van der Waals surface area contributed by atoms with E-state index in [4.69, 9.17) is 4.52 Å². The number of pyridine rings is 1. The smallest absolute Gasteiger partial charge is 0.274 e. The summed E-state index contributed by atoms with van der Waals surface area (Å²) in [5.41, 5.74) is -0.0740. The molecule has 1 fully saturated rings. The van der Waals surface area contributed by atoms with E-state index in [1.165, 1.54) is 4.90 Å². The quantitative estimate of drug-likeness (QED) is 0.703. The van der Waals surface area contributed by atoms with E-state index in [1.54, 1.807) is 42.3 Å². The highest BCUT2D eigenvalue weighted by atomic mass is 19.1. The predicted molar refractivity (Wildman–Crippen MR) is 93.4 cm³/mol. The van der Waals surface area contributed by atoms with Gasteiger partial charge in [0.1, 0.15) is 0 Å². The number of aromatic nitrogens is 5. The highest BCUT2D eigenvalue weighted by molar-refractivity contribution is 5.92. The first kappa shape index (κ1) is 17.3. The number of halogens is 1. The monoisotopic (exact) mass is 370 g/mol. The van der Waals surface area contributed by atoms with Crippen molar-refractivity contribution < 1.29 is 13.7 Å². The van der Waals surface area contributed by atoms with Crippen molar-refractivity contribution in [1.82, 2.24) is 29.8 Å². The molecule has 0 spiro atoms. The Balaban J connectivity index is 1.56. The van der Waals surface area contributed by atoms with Crippen molar-refractivity contribution >= 4 is 5.91 Å². The Morgan fingerprint density at radius 3 is 2.96 bits per heavy atom. The van der Waals surface area contributed by atoms with Crippen LogP contribution in [0.5, 0.6) is 0 Å². The van der Waals surface area contributed by atoms with Gasteiger partial charge in [0.25, 0.3) is 11.8 Å². The van der Waals surface area contributed by atoms with Gasteiger partial charge < -0.3 is 9.42 Å². The number of carbonyl (C=O) groups is 1. The van der Waals surface area contributed by atoms with E-state index in [1.807, 2.05) is 6.92 Å². The Hall–Kier alpha value is -3.10. The molecule has 0 aliphatic carbocycles. The first-order valence-corrected chi connectivity index (χ1v) is 8.70. The molecule has 4 heterocycles. The summed E-state index contributed by atoms with van der Waals surface area (Å²) in [6.45, 7) is 2.18. The zero-order valence-electron chi connectivity index (χ0n) is 15.1. The van der Waals surface area contributed by atoms with E-state index in [-0.39, 0.29) is 30.6 Å². The third-order valence-electron chi connectivity index (χ3n) is 4.79. The van der Waals surface area contributed by atoms with Crippen LogP contribution in [0.1, 0.15) is 34.9 Å². The van der Waals surface area contributed by atoms with Gasteiger partial charge in [0, 0.05) is 37.2 Å². The normalized spacial score (nSPS) is 20.0. The molecule has 3 aromatic rings. The number of carbonyl (C=O) groups excluding carboxylic acids is 1. The number of rotatable bonds is 3. The zero-order chi connectivity index (χ0) is 19.0. The van der Waals surface area contributed by atoms with Gasteiger partial charge in [-0.1, -0.05) is 5.16 Å². The maximum absolute atomic E-state index is 15.6. The number of amides is 1. The maximum Gasteiger partial charge on any atom is 0.274 e. The minimum Gasteiger partial charge on any atom is -0.335 e. The van der Waals surface area contributed by atoms with Crippen LogP contribution < -0.4 is 0 Å². The van der Waals surface area contributed by atoms with Crippen LogP contribution in [0.2, 0.25) is 0 Å². The Morgan fingerprint density at radius 2 is 2.26 bits per heavy atom. The lowest BCUT2D eigenvalue weighted by atomic mass is 9.94. The number of piperidine rings is 1. The zero-order valence-corrected chi connectivity index (χ0v) is 15.1. The second-order valence-electron chi connectivity index (χ2n) is 6.75. The van der Waals surface area contributed by atoms with Gasteiger partial charge in [0.2, 0.25) is 11.5 Å². The van der Waals surface area contributed by atoms with Crippen molar-refractivity contribution in [2.24, 2.45) is 7.05 Å². The molecule has 0 saturated carbocycles. The molecule has 140 valence electrons. The van der Waals surface area contributed by atoms with E-state index in [2.05, 4.69) is 20.2 Å². The van der Waals surface area contributed by atoms with Crippen LogP contribution in [-0.2, 0) is 12.7 Å². The van der Waals surface area contributed by atoms with Gasteiger partial charge in [-0.15, -0.1) is 0 Å². The second kappa shape index (κ2) is 6.57. The van der Waals surface area contributed by atoms with E-state index in [0.29, 0.717) is 24.2 Å². The number of likely N-dealkylation sites (tertiary alicyclic amines) is 1. The third kappa shape index (κ3) is 3.20. The SMILES string of the molecule is Cc1cc(C(=O)N2CCCC(F)(c3nc(-c4cccnc4)no3)C2)nn1C. The van der Waals surface area contributed by atoms with E-state index >= 15 is 4.39 Å². The molecule has 27 heavy (non-hydrogen) atoms. The summed E-state index contributed by atoms with van der Waals surface area (Å²) >= 11 is 0. The van der Waals surface area contributed by atoms with Crippen molar-refractivity contribution in [2.45, 2.75) is 25.4 Å². The van der Waals surface area contributed by atoms with Crippen molar-refractivity contribution in [3.05, 3.63) is 47.9 Å². The lowest BCUT2D eigenvalue weighted by Crippen LogP contribution is -2.46. The van der Waals surface area contributed by atoms with Crippen LogP contribution in [0.3, 0.4) is 0 Å². The molecular weight excluding hydrogens is 351 g/mol. The molecule has 9 heteroatoms. The standard InChI is InChI=1S/C18H19FN6O2/c1-12-9-14(22-24(12)2)16(26)25-8-4-6-18(19,11-25)17-21-15(23-27-17)13-5-3-7-20-10-13/h3,5,7,9-10H,4,6,8,11H2,1-2H3. The lowest BCUT2D eigenvalue weighted by Gasteiger charge is -2.34. The molecule has 0 aromatic carbocycles. The third-order valence-corrected chi connectivity index (χ3v) is 4.79. The number of hydrogen-bond acceptors (Lipinski definition) is 6. The van der Waals surface area contributed by atoms with Gasteiger partial charge in [0.05, 0.1) is 6.54 Å². The molecule has 0 N–H and O–H groups in total. The highest BCUT2D eigenvalue weighted by Gasteiger charge is 2.44. The summed E-state index contributed by atoms with van der Waals surface area (Å²) in [7, 11) is 1.76. The first-order valence-electron chi connectivity index (χ1n) is 8.70. The van der Waals surface area contributed by atoms with Crippen molar-refractivity contribution in [3.8, 4) is 11.4 Å². The van der Waals surface area contributed by atoms with Crippen molar-refractivity contribution in [2.75, 3.05) is 13.1 Å². The molecule has 1 amide bonds. The van der Waals surface area contributed by atoms with E-state index in [0.717, 1.165) is 5.69 Å². The van der Waals surface area contributed by atoms with E-state index in [9.17, 15) is 4.79 Å². The second-order valence-corrected chi connectivity index (χ2v) is 6.75. The van der Waals surface area contributed by atoms with Crippen LogP contribution >= 0.6 is 0 Å². The van der Waals surface area contributed by atoms with E-state index < -0.39 is 5.67 Å². The Bertz CT molecular complexity index is 950. The van der Waals surface area contributed by atoms with Crippen LogP contribution in [-0.4, -0.2) is 48.8 Å². The minimum atomic E-state index is -1.88. The van der Waals surface area contributed by atoms with Gasteiger partial charge in [-0.05, 0) is 38.0 Å². The fraction of sp³-hybridized carbons (Fsp3) is 0.389. The van der Waals surface area contributed by atoms with Crippen LogP contribution in [0, 0.1) is 6.92 Å². The van der Waals surface area contributed by atoms with Gasteiger partial charge >= 0.3 is 0 Å². The Morgan fingerprint density at radius 1 is 1.41 bits per heavy atom. The first-order chi connectivity index (χ1) is 13.0. The summed E-state index contributed by atoms with van der Waals surface area (Å²) in [6.07, 6.45) is 3.93. The molecular formula is C18H19FN6O2. The molecule has 3 aromatic heterocycles.